The predicted octanol–water partition coefficient (Wildman–Crippen LogP) is 1.97. The molecule has 0 aliphatic heterocycles. The fraction of sp³-hybridized carbons (Fsp3) is 0.350. The van der Waals surface area contributed by atoms with Gasteiger partial charge in [-0.25, -0.2) is 8.42 Å². The molecule has 0 bridgehead atoms. The molecule has 2 aromatic carbocycles. The maximum Gasteiger partial charge on any atom is 0.254 e. The molecular weight excluding hydrogens is 350 g/mol. The van der Waals surface area contributed by atoms with Gasteiger partial charge < -0.3 is 10.0 Å². The molecule has 0 radical (unpaired) electrons. The third-order valence-corrected chi connectivity index (χ3v) is 6.05. The molecule has 26 heavy (non-hydrogen) atoms. The van der Waals surface area contributed by atoms with Crippen LogP contribution in [0.15, 0.2) is 53.4 Å². The van der Waals surface area contributed by atoms with Crippen LogP contribution in [-0.4, -0.2) is 43.2 Å². The van der Waals surface area contributed by atoms with Gasteiger partial charge in [-0.1, -0.05) is 36.4 Å². The van der Waals surface area contributed by atoms with Gasteiger partial charge in [0.25, 0.3) is 5.91 Å². The predicted molar refractivity (Wildman–Crippen MR) is 99.4 cm³/mol. The molecule has 1 amide bonds. The highest BCUT2D eigenvalue weighted by atomic mass is 32.2. The molecule has 1 atom stereocenters. The van der Waals surface area contributed by atoms with Crippen molar-refractivity contribution in [2.24, 2.45) is 0 Å². The fourth-order valence-electron chi connectivity index (χ4n) is 3.44. The Morgan fingerprint density at radius 1 is 1.12 bits per heavy atom. The van der Waals surface area contributed by atoms with Crippen LogP contribution < -0.4 is 0 Å². The molecule has 1 N–H and O–H groups in total. The molecule has 0 spiro atoms. The molecule has 5 nitrogen and oxygen atoms in total. The van der Waals surface area contributed by atoms with E-state index in [2.05, 4.69) is 0 Å². The van der Waals surface area contributed by atoms with Crippen LogP contribution in [-0.2, 0) is 34.0 Å². The van der Waals surface area contributed by atoms with Crippen LogP contribution in [0.4, 0.5) is 0 Å². The molecule has 2 aromatic rings. The topological polar surface area (TPSA) is 74.7 Å². The van der Waals surface area contributed by atoms with Crippen LogP contribution >= 0.6 is 0 Å². The minimum Gasteiger partial charge on any atom is -0.380 e. The summed E-state index contributed by atoms with van der Waals surface area (Å²) in [6.07, 6.45) is 2.56. The van der Waals surface area contributed by atoms with E-state index in [0.717, 1.165) is 17.4 Å². The molecule has 0 saturated heterocycles. The first-order valence-corrected chi connectivity index (χ1v) is 10.4. The summed E-state index contributed by atoms with van der Waals surface area (Å²) in [5, 5.41) is 10.9. The normalized spacial score (nSPS) is 19.7. The van der Waals surface area contributed by atoms with Crippen LogP contribution in [0.5, 0.6) is 0 Å². The number of benzene rings is 2. The van der Waals surface area contributed by atoms with E-state index in [-0.39, 0.29) is 10.8 Å². The minimum absolute atomic E-state index is 0.248. The van der Waals surface area contributed by atoms with Crippen LogP contribution in [0.25, 0.3) is 0 Å². The molecule has 0 fully saturated rings. The van der Waals surface area contributed by atoms with E-state index >= 15 is 0 Å². The summed E-state index contributed by atoms with van der Waals surface area (Å²) in [7, 11) is -1.58. The summed E-state index contributed by atoms with van der Waals surface area (Å²) in [5.74, 6) is -0.306. The van der Waals surface area contributed by atoms with Crippen LogP contribution in [0.3, 0.4) is 0 Å². The lowest BCUT2D eigenvalue weighted by atomic mass is 9.79. The molecule has 0 saturated carbocycles. The standard InChI is InChI=1S/C20H23NO4S/c1-21(14-15-7-9-18(10-8-15)26(2,24)25)19(22)20(23)12-11-16-5-3-4-6-17(16)13-20/h3-10,23H,11-14H2,1-2H3. The molecule has 3 rings (SSSR count). The smallest absolute Gasteiger partial charge is 0.254 e. The van der Waals surface area contributed by atoms with Gasteiger partial charge in [-0.2, -0.15) is 0 Å². The zero-order chi connectivity index (χ0) is 18.9. The monoisotopic (exact) mass is 373 g/mol. The van der Waals surface area contributed by atoms with Gasteiger partial charge in [0.2, 0.25) is 0 Å². The average Bonchev–Trinajstić information content (AvgIpc) is 2.60. The lowest BCUT2D eigenvalue weighted by molar-refractivity contribution is -0.151. The first-order chi connectivity index (χ1) is 12.2. The zero-order valence-corrected chi connectivity index (χ0v) is 15.8. The first-order valence-electron chi connectivity index (χ1n) is 8.53. The number of hydrogen-bond acceptors (Lipinski definition) is 4. The summed E-state index contributed by atoms with van der Waals surface area (Å²) in [6.45, 7) is 0.312. The number of hydrogen-bond donors (Lipinski definition) is 1. The lowest BCUT2D eigenvalue weighted by Gasteiger charge is -2.35. The van der Waals surface area contributed by atoms with E-state index in [1.807, 2.05) is 24.3 Å². The molecule has 138 valence electrons. The van der Waals surface area contributed by atoms with Crippen LogP contribution in [0, 0.1) is 0 Å². The second-order valence-electron chi connectivity index (χ2n) is 7.05. The van der Waals surface area contributed by atoms with Crippen LogP contribution in [0.1, 0.15) is 23.1 Å². The maximum absolute atomic E-state index is 12.8. The Kier molecular flexibility index (Phi) is 4.90. The van der Waals surface area contributed by atoms with Gasteiger partial charge in [0.05, 0.1) is 4.90 Å². The Bertz CT molecular complexity index is 921. The number of carbonyl (C=O) groups is 1. The zero-order valence-electron chi connectivity index (χ0n) is 15.0. The van der Waals surface area contributed by atoms with Crippen molar-refractivity contribution in [3.8, 4) is 0 Å². The highest BCUT2D eigenvalue weighted by Crippen LogP contribution is 2.30. The summed E-state index contributed by atoms with van der Waals surface area (Å²) in [4.78, 5) is 14.6. The van der Waals surface area contributed by atoms with Crippen molar-refractivity contribution in [2.75, 3.05) is 13.3 Å². The van der Waals surface area contributed by atoms with Crippen molar-refractivity contribution in [1.29, 1.82) is 0 Å². The largest absolute Gasteiger partial charge is 0.380 e. The number of fused-ring (bicyclic) bond motifs is 1. The number of sulfone groups is 1. The van der Waals surface area contributed by atoms with E-state index in [9.17, 15) is 18.3 Å². The lowest BCUT2D eigenvalue weighted by Crippen LogP contribution is -2.50. The number of carbonyl (C=O) groups excluding carboxylic acids is 1. The number of rotatable bonds is 4. The summed E-state index contributed by atoms with van der Waals surface area (Å²) in [6, 6.07) is 14.3. The summed E-state index contributed by atoms with van der Waals surface area (Å²) in [5.41, 5.74) is 1.62. The minimum atomic E-state index is -3.24. The molecule has 0 aromatic heterocycles. The molecule has 1 unspecified atom stereocenters. The van der Waals surface area contributed by atoms with E-state index in [4.69, 9.17) is 0 Å². The molecule has 1 aliphatic carbocycles. The van der Waals surface area contributed by atoms with Crippen molar-refractivity contribution in [1.82, 2.24) is 4.90 Å². The van der Waals surface area contributed by atoms with Crippen molar-refractivity contribution < 1.29 is 18.3 Å². The van der Waals surface area contributed by atoms with Gasteiger partial charge in [-0.15, -0.1) is 0 Å². The number of amides is 1. The quantitative estimate of drug-likeness (QED) is 0.889. The van der Waals surface area contributed by atoms with Gasteiger partial charge >= 0.3 is 0 Å². The van der Waals surface area contributed by atoms with Gasteiger partial charge in [-0.3, -0.25) is 4.79 Å². The second kappa shape index (κ2) is 6.85. The molecule has 1 aliphatic rings. The molecular formula is C20H23NO4S. The Labute approximate surface area is 154 Å². The second-order valence-corrected chi connectivity index (χ2v) is 9.07. The van der Waals surface area contributed by atoms with Crippen molar-refractivity contribution in [2.45, 2.75) is 36.3 Å². The summed E-state index contributed by atoms with van der Waals surface area (Å²) < 4.78 is 23.1. The number of aliphatic hydroxyl groups is 1. The van der Waals surface area contributed by atoms with Gasteiger partial charge in [0.15, 0.2) is 9.84 Å². The number of nitrogens with zero attached hydrogens (tertiary/aromatic N) is 1. The van der Waals surface area contributed by atoms with E-state index in [0.29, 0.717) is 25.8 Å². The van der Waals surface area contributed by atoms with Crippen molar-refractivity contribution in [3.63, 3.8) is 0 Å². The van der Waals surface area contributed by atoms with E-state index in [1.165, 1.54) is 22.6 Å². The third-order valence-electron chi connectivity index (χ3n) is 4.93. The van der Waals surface area contributed by atoms with Crippen molar-refractivity contribution >= 4 is 15.7 Å². The van der Waals surface area contributed by atoms with E-state index < -0.39 is 15.4 Å². The van der Waals surface area contributed by atoms with Crippen LogP contribution in [0.2, 0.25) is 0 Å². The average molecular weight is 373 g/mol. The van der Waals surface area contributed by atoms with Gasteiger partial charge in [0.1, 0.15) is 5.60 Å². The highest BCUT2D eigenvalue weighted by molar-refractivity contribution is 7.90. The Morgan fingerprint density at radius 2 is 1.73 bits per heavy atom. The Hall–Kier alpha value is -2.18. The molecule has 6 heteroatoms. The van der Waals surface area contributed by atoms with E-state index in [1.54, 1.807) is 19.2 Å². The Balaban J connectivity index is 1.72. The van der Waals surface area contributed by atoms with Gasteiger partial charge in [-0.05, 0) is 41.7 Å². The summed E-state index contributed by atoms with van der Waals surface area (Å²) >= 11 is 0. The number of aryl methyl sites for hydroxylation is 1. The maximum atomic E-state index is 12.8. The first kappa shape index (κ1) is 18.6. The highest BCUT2D eigenvalue weighted by Gasteiger charge is 2.40. The number of likely N-dealkylation sites (N-methyl/N-ethyl adjacent to an activating group) is 1. The Morgan fingerprint density at radius 3 is 2.35 bits per heavy atom. The van der Waals surface area contributed by atoms with Crippen molar-refractivity contribution in [3.05, 3.63) is 65.2 Å². The molecule has 0 heterocycles. The SMILES string of the molecule is CN(Cc1ccc(S(C)(=O)=O)cc1)C(=O)C1(O)CCc2ccccc2C1. The fourth-order valence-corrected chi connectivity index (χ4v) is 4.07. The third kappa shape index (κ3) is 3.81. The van der Waals surface area contributed by atoms with Gasteiger partial charge in [0, 0.05) is 26.3 Å².